The number of imidazole rings is 1. The number of amides is 1. The van der Waals surface area contributed by atoms with Crippen molar-refractivity contribution >= 4 is 5.91 Å². The monoisotopic (exact) mass is 372 g/mol. The first kappa shape index (κ1) is 17.7. The molecule has 0 saturated heterocycles. The molecule has 28 heavy (non-hydrogen) atoms. The van der Waals surface area contributed by atoms with Crippen molar-refractivity contribution < 1.29 is 4.79 Å². The lowest BCUT2D eigenvalue weighted by atomic mass is 10.1. The third-order valence-electron chi connectivity index (χ3n) is 4.39. The molecular formula is C21H20N6O. The standard InChI is InChI=1S/C21H20N6O/c1-16-5-7-19(8-6-16)27-14-20(24-25-27)21(28)23-12-17-3-2-4-18(11-17)13-26-10-9-22-15-26/h2-11,14-15H,12-13H2,1H3,(H,23,28). The topological polar surface area (TPSA) is 77.6 Å². The van der Waals surface area contributed by atoms with Gasteiger partial charge >= 0.3 is 0 Å². The predicted molar refractivity (Wildman–Crippen MR) is 105 cm³/mol. The second-order valence-electron chi connectivity index (χ2n) is 6.62. The molecule has 0 atom stereocenters. The molecule has 1 amide bonds. The number of aromatic nitrogens is 5. The first-order valence-corrected chi connectivity index (χ1v) is 8.98. The number of hydrogen-bond donors (Lipinski definition) is 1. The van der Waals surface area contributed by atoms with E-state index in [0.29, 0.717) is 6.54 Å². The third-order valence-corrected chi connectivity index (χ3v) is 4.39. The van der Waals surface area contributed by atoms with Gasteiger partial charge in [-0.1, -0.05) is 47.2 Å². The van der Waals surface area contributed by atoms with E-state index >= 15 is 0 Å². The highest BCUT2D eigenvalue weighted by Gasteiger charge is 2.11. The number of carbonyl (C=O) groups excluding carboxylic acids is 1. The normalized spacial score (nSPS) is 10.8. The highest BCUT2D eigenvalue weighted by molar-refractivity contribution is 5.91. The molecule has 1 N–H and O–H groups in total. The molecule has 0 saturated carbocycles. The van der Waals surface area contributed by atoms with E-state index in [1.807, 2.05) is 54.1 Å². The van der Waals surface area contributed by atoms with E-state index < -0.39 is 0 Å². The first-order valence-electron chi connectivity index (χ1n) is 8.98. The third kappa shape index (κ3) is 4.15. The number of carbonyl (C=O) groups is 1. The maximum absolute atomic E-state index is 12.4. The van der Waals surface area contributed by atoms with E-state index in [1.54, 1.807) is 23.4 Å². The molecule has 4 aromatic rings. The molecule has 0 aliphatic carbocycles. The summed E-state index contributed by atoms with van der Waals surface area (Å²) in [7, 11) is 0. The average Bonchev–Trinajstić information content (AvgIpc) is 3.39. The Bertz CT molecular complexity index is 1070. The molecular weight excluding hydrogens is 352 g/mol. The molecule has 0 aliphatic rings. The van der Waals surface area contributed by atoms with Gasteiger partial charge in [-0.2, -0.15) is 0 Å². The molecule has 0 unspecified atom stereocenters. The van der Waals surface area contributed by atoms with Gasteiger partial charge in [0.2, 0.25) is 0 Å². The Morgan fingerprint density at radius 1 is 1.11 bits per heavy atom. The van der Waals surface area contributed by atoms with Gasteiger partial charge in [-0.3, -0.25) is 4.79 Å². The Kier molecular flexibility index (Phi) is 4.97. The van der Waals surface area contributed by atoms with Crippen molar-refractivity contribution in [2.24, 2.45) is 0 Å². The Labute approximate surface area is 162 Å². The zero-order valence-corrected chi connectivity index (χ0v) is 15.5. The summed E-state index contributed by atoms with van der Waals surface area (Å²) in [6.45, 7) is 3.19. The van der Waals surface area contributed by atoms with Gasteiger partial charge in [-0.15, -0.1) is 5.10 Å². The minimum absolute atomic E-state index is 0.252. The van der Waals surface area contributed by atoms with Crippen molar-refractivity contribution in [3.8, 4) is 5.69 Å². The lowest BCUT2D eigenvalue weighted by Gasteiger charge is -2.07. The number of rotatable bonds is 6. The van der Waals surface area contributed by atoms with Crippen LogP contribution in [0.15, 0.2) is 73.4 Å². The smallest absolute Gasteiger partial charge is 0.273 e. The van der Waals surface area contributed by atoms with Crippen LogP contribution in [0.3, 0.4) is 0 Å². The minimum atomic E-state index is -0.252. The number of nitrogens with zero attached hydrogens (tertiary/aromatic N) is 5. The van der Waals surface area contributed by atoms with Crippen molar-refractivity contribution in [3.63, 3.8) is 0 Å². The van der Waals surface area contributed by atoms with E-state index in [4.69, 9.17) is 0 Å². The number of benzene rings is 2. The van der Waals surface area contributed by atoms with Gasteiger partial charge in [0.15, 0.2) is 5.69 Å². The van der Waals surface area contributed by atoms with Gasteiger partial charge in [0.25, 0.3) is 5.91 Å². The molecule has 0 spiro atoms. The molecule has 2 heterocycles. The molecule has 2 aromatic heterocycles. The van der Waals surface area contributed by atoms with Crippen LogP contribution in [0.4, 0.5) is 0 Å². The van der Waals surface area contributed by atoms with Gasteiger partial charge in [0.1, 0.15) is 0 Å². The molecule has 0 radical (unpaired) electrons. The van der Waals surface area contributed by atoms with Crippen LogP contribution in [0.2, 0.25) is 0 Å². The summed E-state index contributed by atoms with van der Waals surface area (Å²) < 4.78 is 3.60. The average molecular weight is 372 g/mol. The van der Waals surface area contributed by atoms with Crippen LogP contribution in [0, 0.1) is 6.92 Å². The van der Waals surface area contributed by atoms with E-state index in [1.165, 1.54) is 0 Å². The van der Waals surface area contributed by atoms with Crippen LogP contribution in [0.1, 0.15) is 27.2 Å². The Balaban J connectivity index is 1.39. The fraction of sp³-hybridized carbons (Fsp3) is 0.143. The SMILES string of the molecule is Cc1ccc(-n2cc(C(=O)NCc3cccc(Cn4ccnc4)c3)nn2)cc1. The maximum Gasteiger partial charge on any atom is 0.273 e. The molecule has 7 nitrogen and oxygen atoms in total. The summed E-state index contributed by atoms with van der Waals surface area (Å²) in [6, 6.07) is 16.0. The summed E-state index contributed by atoms with van der Waals surface area (Å²) >= 11 is 0. The zero-order valence-electron chi connectivity index (χ0n) is 15.5. The van der Waals surface area contributed by atoms with Crippen molar-refractivity contribution in [1.82, 2.24) is 29.9 Å². The maximum atomic E-state index is 12.4. The number of hydrogen-bond acceptors (Lipinski definition) is 4. The van der Waals surface area contributed by atoms with Gasteiger partial charge in [-0.25, -0.2) is 9.67 Å². The minimum Gasteiger partial charge on any atom is -0.347 e. The fourth-order valence-electron chi connectivity index (χ4n) is 2.89. The number of nitrogens with one attached hydrogen (secondary N) is 1. The summed E-state index contributed by atoms with van der Waals surface area (Å²) in [4.78, 5) is 16.5. The summed E-state index contributed by atoms with van der Waals surface area (Å²) in [5.41, 5.74) is 4.49. The summed E-state index contributed by atoms with van der Waals surface area (Å²) in [6.07, 6.45) is 7.10. The van der Waals surface area contributed by atoms with E-state index in [2.05, 4.69) is 32.7 Å². The first-order chi connectivity index (χ1) is 13.7. The highest BCUT2D eigenvalue weighted by Crippen LogP contribution is 2.10. The van der Waals surface area contributed by atoms with Crippen LogP contribution < -0.4 is 5.32 Å². The van der Waals surface area contributed by atoms with Crippen molar-refractivity contribution in [3.05, 3.63) is 95.8 Å². The molecule has 140 valence electrons. The quantitative estimate of drug-likeness (QED) is 0.565. The van der Waals surface area contributed by atoms with Crippen molar-refractivity contribution in [1.29, 1.82) is 0 Å². The van der Waals surface area contributed by atoms with Crippen LogP contribution in [0.5, 0.6) is 0 Å². The highest BCUT2D eigenvalue weighted by atomic mass is 16.2. The lowest BCUT2D eigenvalue weighted by Crippen LogP contribution is -2.23. The summed E-state index contributed by atoms with van der Waals surface area (Å²) in [5.74, 6) is -0.252. The van der Waals surface area contributed by atoms with Crippen LogP contribution in [-0.4, -0.2) is 30.5 Å². The van der Waals surface area contributed by atoms with E-state index in [-0.39, 0.29) is 11.6 Å². The molecule has 0 aliphatic heterocycles. The van der Waals surface area contributed by atoms with Crippen LogP contribution in [-0.2, 0) is 13.1 Å². The Morgan fingerprint density at radius 3 is 2.71 bits per heavy atom. The van der Waals surface area contributed by atoms with E-state index in [9.17, 15) is 4.79 Å². The molecule has 7 heteroatoms. The number of aryl methyl sites for hydroxylation is 1. The fourth-order valence-corrected chi connectivity index (χ4v) is 2.89. The Hall–Kier alpha value is -3.74. The van der Waals surface area contributed by atoms with Crippen molar-refractivity contribution in [2.45, 2.75) is 20.0 Å². The van der Waals surface area contributed by atoms with Crippen LogP contribution >= 0.6 is 0 Å². The zero-order chi connectivity index (χ0) is 19.3. The molecule has 2 aromatic carbocycles. The molecule has 0 fully saturated rings. The van der Waals surface area contributed by atoms with Gasteiger partial charge < -0.3 is 9.88 Å². The van der Waals surface area contributed by atoms with Gasteiger partial charge in [0.05, 0.1) is 18.2 Å². The second-order valence-corrected chi connectivity index (χ2v) is 6.62. The largest absolute Gasteiger partial charge is 0.347 e. The second kappa shape index (κ2) is 7.87. The van der Waals surface area contributed by atoms with Gasteiger partial charge in [-0.05, 0) is 30.2 Å². The molecule has 4 rings (SSSR count). The summed E-state index contributed by atoms with van der Waals surface area (Å²) in [5, 5.41) is 10.9. The molecule has 0 bridgehead atoms. The Morgan fingerprint density at radius 2 is 1.93 bits per heavy atom. The lowest BCUT2D eigenvalue weighted by molar-refractivity contribution is 0.0946. The van der Waals surface area contributed by atoms with Crippen molar-refractivity contribution in [2.75, 3.05) is 0 Å². The predicted octanol–water partition coefficient (Wildman–Crippen LogP) is 2.75. The van der Waals surface area contributed by atoms with E-state index in [0.717, 1.165) is 28.9 Å². The van der Waals surface area contributed by atoms with Crippen LogP contribution in [0.25, 0.3) is 5.69 Å². The van der Waals surface area contributed by atoms with Gasteiger partial charge in [0, 0.05) is 25.5 Å².